The molecule has 1 heterocycles. The Bertz CT molecular complexity index is 756. The van der Waals surface area contributed by atoms with Gasteiger partial charge in [0.15, 0.2) is 0 Å². The van der Waals surface area contributed by atoms with E-state index in [-0.39, 0.29) is 0 Å². The van der Waals surface area contributed by atoms with E-state index >= 15 is 0 Å². The summed E-state index contributed by atoms with van der Waals surface area (Å²) in [5, 5.41) is 2.78. The molecule has 0 spiro atoms. The Morgan fingerprint density at radius 3 is 2.43 bits per heavy atom. The van der Waals surface area contributed by atoms with Crippen LogP contribution in [0.25, 0.3) is 10.8 Å². The zero-order chi connectivity index (χ0) is 14.7. The van der Waals surface area contributed by atoms with E-state index in [4.69, 9.17) is 22.1 Å². The molecule has 0 saturated carbocycles. The van der Waals surface area contributed by atoms with Gasteiger partial charge < -0.3 is 10.5 Å². The minimum Gasteiger partial charge on any atom is -0.472 e. The molecular weight excluding hydrogens is 284 g/mol. The topological polar surface area (TPSA) is 48.1 Å². The molecule has 0 bridgehead atoms. The van der Waals surface area contributed by atoms with Crippen LogP contribution in [0.4, 0.5) is 0 Å². The maximum atomic E-state index is 5.88. The number of fused-ring (bicyclic) bond motifs is 1. The highest BCUT2D eigenvalue weighted by atomic mass is 35.5. The minimum absolute atomic E-state index is 0.454. The van der Waals surface area contributed by atoms with Crippen molar-refractivity contribution >= 4 is 22.4 Å². The fourth-order valence-electron chi connectivity index (χ4n) is 2.24. The normalized spacial score (nSPS) is 10.8. The molecule has 0 aliphatic heterocycles. The number of aromatic nitrogens is 1. The Morgan fingerprint density at radius 2 is 1.71 bits per heavy atom. The van der Waals surface area contributed by atoms with Crippen LogP contribution in [0.3, 0.4) is 0 Å². The second-order valence-corrected chi connectivity index (χ2v) is 5.19. The molecule has 0 amide bonds. The Labute approximate surface area is 128 Å². The molecule has 4 heteroatoms. The Hall–Kier alpha value is -2.10. The summed E-state index contributed by atoms with van der Waals surface area (Å²) in [5.74, 6) is 0.623. The number of hydrogen-bond donors (Lipinski definition) is 1. The quantitative estimate of drug-likeness (QED) is 0.794. The molecule has 0 aliphatic carbocycles. The third kappa shape index (κ3) is 2.99. The van der Waals surface area contributed by atoms with Crippen molar-refractivity contribution in [3.8, 4) is 5.88 Å². The van der Waals surface area contributed by atoms with Crippen LogP contribution >= 0.6 is 11.6 Å². The van der Waals surface area contributed by atoms with Crippen LogP contribution in [-0.4, -0.2) is 4.98 Å². The van der Waals surface area contributed by atoms with Crippen molar-refractivity contribution in [1.82, 2.24) is 4.98 Å². The predicted molar refractivity (Wildman–Crippen MR) is 85.4 cm³/mol. The van der Waals surface area contributed by atoms with E-state index in [2.05, 4.69) is 4.98 Å². The number of ether oxygens (including phenoxy) is 1. The lowest BCUT2D eigenvalue weighted by atomic mass is 10.1. The number of nitrogens with two attached hydrogens (primary N) is 1. The lowest BCUT2D eigenvalue weighted by Gasteiger charge is -2.10. The van der Waals surface area contributed by atoms with Gasteiger partial charge in [-0.25, -0.2) is 4.98 Å². The first-order valence-corrected chi connectivity index (χ1v) is 7.09. The largest absolute Gasteiger partial charge is 0.472 e. The second-order valence-electron chi connectivity index (χ2n) is 4.75. The molecule has 3 nitrogen and oxygen atoms in total. The van der Waals surface area contributed by atoms with Crippen molar-refractivity contribution in [2.24, 2.45) is 5.73 Å². The molecule has 106 valence electrons. The van der Waals surface area contributed by atoms with Crippen LogP contribution in [0.2, 0.25) is 5.02 Å². The van der Waals surface area contributed by atoms with Gasteiger partial charge >= 0.3 is 0 Å². The third-order valence-electron chi connectivity index (χ3n) is 3.35. The lowest BCUT2D eigenvalue weighted by Crippen LogP contribution is -2.02. The Kier molecular flexibility index (Phi) is 4.04. The van der Waals surface area contributed by atoms with Gasteiger partial charge in [-0.2, -0.15) is 0 Å². The van der Waals surface area contributed by atoms with E-state index in [1.807, 2.05) is 48.5 Å². The van der Waals surface area contributed by atoms with E-state index in [0.717, 1.165) is 26.9 Å². The van der Waals surface area contributed by atoms with E-state index in [0.29, 0.717) is 19.0 Å². The van der Waals surface area contributed by atoms with Gasteiger partial charge in [-0.1, -0.05) is 41.9 Å². The molecular formula is C17H15ClN2O. The first-order chi connectivity index (χ1) is 10.3. The zero-order valence-corrected chi connectivity index (χ0v) is 12.2. The Balaban J connectivity index is 1.89. The van der Waals surface area contributed by atoms with Gasteiger partial charge in [0.05, 0.1) is 0 Å². The average molecular weight is 299 g/mol. The lowest BCUT2D eigenvalue weighted by molar-refractivity contribution is 0.298. The van der Waals surface area contributed by atoms with Crippen LogP contribution in [0, 0.1) is 0 Å². The standard InChI is InChI=1S/C17H15ClN2O/c18-14-7-5-12(6-8-14)11-21-17-16-4-2-1-3-15(16)13(9-19)10-20-17/h1-8,10H,9,11,19H2. The van der Waals surface area contributed by atoms with Gasteiger partial charge in [0.2, 0.25) is 5.88 Å². The molecule has 1 aromatic heterocycles. The number of benzene rings is 2. The molecule has 3 aromatic rings. The Morgan fingerprint density at radius 1 is 1.00 bits per heavy atom. The molecule has 0 fully saturated rings. The molecule has 0 saturated heterocycles. The zero-order valence-electron chi connectivity index (χ0n) is 11.4. The number of halogens is 1. The summed E-state index contributed by atoms with van der Waals surface area (Å²) in [6.45, 7) is 0.918. The van der Waals surface area contributed by atoms with Gasteiger partial charge in [0.25, 0.3) is 0 Å². The second kappa shape index (κ2) is 6.12. The fourth-order valence-corrected chi connectivity index (χ4v) is 2.36. The summed E-state index contributed by atoms with van der Waals surface area (Å²) in [6, 6.07) is 15.6. The number of nitrogens with zero attached hydrogens (tertiary/aromatic N) is 1. The summed E-state index contributed by atoms with van der Waals surface area (Å²) in [7, 11) is 0. The molecule has 0 radical (unpaired) electrons. The van der Waals surface area contributed by atoms with Crippen molar-refractivity contribution in [2.75, 3.05) is 0 Å². The number of pyridine rings is 1. The summed E-state index contributed by atoms with van der Waals surface area (Å²) in [6.07, 6.45) is 1.78. The first kappa shape index (κ1) is 13.9. The van der Waals surface area contributed by atoms with Gasteiger partial charge in [0, 0.05) is 23.2 Å². The summed E-state index contributed by atoms with van der Waals surface area (Å²) >= 11 is 5.88. The molecule has 2 aromatic carbocycles. The SMILES string of the molecule is NCc1cnc(OCc2ccc(Cl)cc2)c2ccccc12. The first-order valence-electron chi connectivity index (χ1n) is 6.72. The van der Waals surface area contributed by atoms with E-state index in [1.165, 1.54) is 0 Å². The van der Waals surface area contributed by atoms with Crippen LogP contribution in [0.15, 0.2) is 54.7 Å². The minimum atomic E-state index is 0.454. The average Bonchev–Trinajstić information content (AvgIpc) is 2.54. The molecule has 0 atom stereocenters. The van der Waals surface area contributed by atoms with Crippen LogP contribution in [0.5, 0.6) is 5.88 Å². The molecule has 2 N–H and O–H groups in total. The highest BCUT2D eigenvalue weighted by molar-refractivity contribution is 6.30. The third-order valence-corrected chi connectivity index (χ3v) is 3.60. The van der Waals surface area contributed by atoms with Crippen molar-refractivity contribution in [3.05, 3.63) is 70.9 Å². The van der Waals surface area contributed by atoms with Crippen molar-refractivity contribution < 1.29 is 4.74 Å². The molecule has 0 aliphatic rings. The smallest absolute Gasteiger partial charge is 0.221 e. The summed E-state index contributed by atoms with van der Waals surface area (Å²) in [5.41, 5.74) is 7.82. The monoisotopic (exact) mass is 298 g/mol. The van der Waals surface area contributed by atoms with Crippen LogP contribution in [0.1, 0.15) is 11.1 Å². The number of hydrogen-bond acceptors (Lipinski definition) is 3. The van der Waals surface area contributed by atoms with E-state index in [1.54, 1.807) is 6.20 Å². The van der Waals surface area contributed by atoms with Crippen LogP contribution < -0.4 is 10.5 Å². The van der Waals surface area contributed by atoms with Gasteiger partial charge in [-0.3, -0.25) is 0 Å². The van der Waals surface area contributed by atoms with Crippen LogP contribution in [-0.2, 0) is 13.2 Å². The van der Waals surface area contributed by atoms with Gasteiger partial charge in [-0.05, 0) is 34.7 Å². The molecule has 3 rings (SSSR count). The van der Waals surface area contributed by atoms with Crippen molar-refractivity contribution in [3.63, 3.8) is 0 Å². The van der Waals surface area contributed by atoms with E-state index in [9.17, 15) is 0 Å². The summed E-state index contributed by atoms with van der Waals surface area (Å²) < 4.78 is 5.85. The van der Waals surface area contributed by atoms with Crippen molar-refractivity contribution in [1.29, 1.82) is 0 Å². The predicted octanol–water partition coefficient (Wildman–Crippen LogP) is 3.93. The maximum Gasteiger partial charge on any atom is 0.221 e. The fraction of sp³-hybridized carbons (Fsp3) is 0.118. The van der Waals surface area contributed by atoms with E-state index < -0.39 is 0 Å². The highest BCUT2D eigenvalue weighted by Gasteiger charge is 2.07. The van der Waals surface area contributed by atoms with Crippen molar-refractivity contribution in [2.45, 2.75) is 13.2 Å². The molecule has 0 unspecified atom stereocenters. The number of rotatable bonds is 4. The maximum absolute atomic E-state index is 5.88. The highest BCUT2D eigenvalue weighted by Crippen LogP contribution is 2.26. The van der Waals surface area contributed by atoms with Gasteiger partial charge in [-0.15, -0.1) is 0 Å². The summed E-state index contributed by atoms with van der Waals surface area (Å²) in [4.78, 5) is 4.38. The molecule has 21 heavy (non-hydrogen) atoms. The van der Waals surface area contributed by atoms with Gasteiger partial charge in [0.1, 0.15) is 6.61 Å².